The van der Waals surface area contributed by atoms with Crippen molar-refractivity contribution < 1.29 is 14.0 Å². The number of halogens is 1. The molecule has 0 aromatic heterocycles. The van der Waals surface area contributed by atoms with Gasteiger partial charge in [0.1, 0.15) is 11.9 Å². The Balaban J connectivity index is 2.09. The normalized spacial score (nSPS) is 20.6. The van der Waals surface area contributed by atoms with Crippen LogP contribution in [0.4, 0.5) is 4.39 Å². The van der Waals surface area contributed by atoms with Crippen LogP contribution in [0.1, 0.15) is 26.3 Å². The molecular formula is C16H21FN2O2. The first kappa shape index (κ1) is 15.5. The SMILES string of the molecule is CC(C)C1NC(=O)CN(C(C)Cc2ccc(F)cc2)C1=O. The number of piperazine rings is 1. The Morgan fingerprint density at radius 3 is 2.43 bits per heavy atom. The first-order valence-electron chi connectivity index (χ1n) is 7.22. The molecular weight excluding hydrogens is 271 g/mol. The zero-order chi connectivity index (χ0) is 15.6. The van der Waals surface area contributed by atoms with Crippen LogP contribution in [0, 0.1) is 11.7 Å². The molecule has 5 heteroatoms. The minimum absolute atomic E-state index is 0.0424. The van der Waals surface area contributed by atoms with Crippen molar-refractivity contribution >= 4 is 11.8 Å². The number of carbonyl (C=O) groups is 2. The van der Waals surface area contributed by atoms with Gasteiger partial charge in [0, 0.05) is 6.04 Å². The molecule has 1 aromatic carbocycles. The fraction of sp³-hybridized carbons (Fsp3) is 0.500. The lowest BCUT2D eigenvalue weighted by Gasteiger charge is -2.38. The minimum Gasteiger partial charge on any atom is -0.343 e. The van der Waals surface area contributed by atoms with E-state index in [1.165, 1.54) is 12.1 Å². The summed E-state index contributed by atoms with van der Waals surface area (Å²) in [6.07, 6.45) is 0.601. The van der Waals surface area contributed by atoms with E-state index in [1.54, 1.807) is 17.0 Å². The highest BCUT2D eigenvalue weighted by Crippen LogP contribution is 2.16. The molecule has 1 aliphatic rings. The van der Waals surface area contributed by atoms with Crippen LogP contribution in [-0.2, 0) is 16.0 Å². The van der Waals surface area contributed by atoms with Crippen molar-refractivity contribution in [1.82, 2.24) is 10.2 Å². The van der Waals surface area contributed by atoms with E-state index in [4.69, 9.17) is 0 Å². The number of hydrogen-bond donors (Lipinski definition) is 1. The summed E-state index contributed by atoms with van der Waals surface area (Å²) in [6.45, 7) is 5.83. The van der Waals surface area contributed by atoms with Crippen molar-refractivity contribution in [3.8, 4) is 0 Å². The van der Waals surface area contributed by atoms with Crippen LogP contribution in [-0.4, -0.2) is 35.3 Å². The molecule has 1 aliphatic heterocycles. The fourth-order valence-electron chi connectivity index (χ4n) is 2.59. The van der Waals surface area contributed by atoms with E-state index in [-0.39, 0.29) is 36.1 Å². The number of nitrogens with one attached hydrogen (secondary N) is 1. The van der Waals surface area contributed by atoms with Gasteiger partial charge in [-0.15, -0.1) is 0 Å². The van der Waals surface area contributed by atoms with Crippen LogP contribution >= 0.6 is 0 Å². The summed E-state index contributed by atoms with van der Waals surface area (Å²) in [5, 5.41) is 2.74. The molecule has 0 radical (unpaired) electrons. The summed E-state index contributed by atoms with van der Waals surface area (Å²) in [6, 6.07) is 5.67. The Kier molecular flexibility index (Phi) is 4.60. The van der Waals surface area contributed by atoms with Crippen molar-refractivity contribution in [2.75, 3.05) is 6.54 Å². The van der Waals surface area contributed by atoms with Gasteiger partial charge in [-0.1, -0.05) is 26.0 Å². The topological polar surface area (TPSA) is 49.4 Å². The van der Waals surface area contributed by atoms with Crippen molar-refractivity contribution in [2.24, 2.45) is 5.92 Å². The molecule has 21 heavy (non-hydrogen) atoms. The summed E-state index contributed by atoms with van der Waals surface area (Å²) < 4.78 is 12.9. The first-order valence-corrected chi connectivity index (χ1v) is 7.22. The van der Waals surface area contributed by atoms with Crippen molar-refractivity contribution in [3.63, 3.8) is 0 Å². The third kappa shape index (κ3) is 3.60. The molecule has 1 N–H and O–H groups in total. The van der Waals surface area contributed by atoms with Gasteiger partial charge in [-0.3, -0.25) is 9.59 Å². The molecule has 114 valence electrons. The minimum atomic E-state index is -0.457. The predicted octanol–water partition coefficient (Wildman–Crippen LogP) is 1.74. The average Bonchev–Trinajstić information content (AvgIpc) is 2.43. The van der Waals surface area contributed by atoms with E-state index in [9.17, 15) is 14.0 Å². The lowest BCUT2D eigenvalue weighted by molar-refractivity contribution is -0.147. The van der Waals surface area contributed by atoms with Crippen LogP contribution in [0.15, 0.2) is 24.3 Å². The molecule has 2 rings (SSSR count). The Morgan fingerprint density at radius 2 is 1.86 bits per heavy atom. The molecule has 1 saturated heterocycles. The van der Waals surface area contributed by atoms with Gasteiger partial charge in [0.05, 0.1) is 6.54 Å². The third-order valence-corrected chi connectivity index (χ3v) is 3.82. The highest BCUT2D eigenvalue weighted by Gasteiger charge is 2.36. The van der Waals surface area contributed by atoms with E-state index in [2.05, 4.69) is 5.32 Å². The van der Waals surface area contributed by atoms with E-state index in [1.807, 2.05) is 20.8 Å². The number of nitrogens with zero attached hydrogens (tertiary/aromatic N) is 1. The highest BCUT2D eigenvalue weighted by atomic mass is 19.1. The zero-order valence-electron chi connectivity index (χ0n) is 12.6. The summed E-state index contributed by atoms with van der Waals surface area (Å²) in [5.41, 5.74) is 0.948. The number of hydrogen-bond acceptors (Lipinski definition) is 2. The van der Waals surface area contributed by atoms with Crippen LogP contribution < -0.4 is 5.32 Å². The lowest BCUT2D eigenvalue weighted by Crippen LogP contribution is -2.62. The van der Waals surface area contributed by atoms with Gasteiger partial charge in [-0.2, -0.15) is 0 Å². The lowest BCUT2D eigenvalue weighted by atomic mass is 9.98. The van der Waals surface area contributed by atoms with Gasteiger partial charge < -0.3 is 10.2 Å². The molecule has 0 spiro atoms. The van der Waals surface area contributed by atoms with Gasteiger partial charge in [0.2, 0.25) is 11.8 Å². The van der Waals surface area contributed by atoms with Crippen molar-refractivity contribution in [3.05, 3.63) is 35.6 Å². The Hall–Kier alpha value is -1.91. The summed E-state index contributed by atoms with van der Waals surface area (Å²) in [7, 11) is 0. The second kappa shape index (κ2) is 6.24. The van der Waals surface area contributed by atoms with Crippen LogP contribution in [0.2, 0.25) is 0 Å². The van der Waals surface area contributed by atoms with Gasteiger partial charge in [-0.05, 0) is 37.0 Å². The Morgan fingerprint density at radius 1 is 1.24 bits per heavy atom. The van der Waals surface area contributed by atoms with Gasteiger partial charge >= 0.3 is 0 Å². The second-order valence-electron chi connectivity index (χ2n) is 5.93. The van der Waals surface area contributed by atoms with Gasteiger partial charge in [-0.25, -0.2) is 4.39 Å². The number of rotatable bonds is 4. The van der Waals surface area contributed by atoms with E-state index in [0.29, 0.717) is 6.42 Å². The average molecular weight is 292 g/mol. The summed E-state index contributed by atoms with van der Waals surface area (Å²) >= 11 is 0. The van der Waals surface area contributed by atoms with Gasteiger partial charge in [0.15, 0.2) is 0 Å². The Bertz CT molecular complexity index is 528. The standard InChI is InChI=1S/C16H21FN2O2/c1-10(2)15-16(21)19(9-14(20)18-15)11(3)8-12-4-6-13(17)7-5-12/h4-7,10-11,15H,8-9H2,1-3H3,(H,18,20). The van der Waals surface area contributed by atoms with Gasteiger partial charge in [0.25, 0.3) is 0 Å². The molecule has 1 fully saturated rings. The van der Waals surface area contributed by atoms with E-state index in [0.717, 1.165) is 5.56 Å². The number of benzene rings is 1. The fourth-order valence-corrected chi connectivity index (χ4v) is 2.59. The van der Waals surface area contributed by atoms with Crippen LogP contribution in [0.3, 0.4) is 0 Å². The Labute approximate surface area is 124 Å². The molecule has 0 aliphatic carbocycles. The summed E-state index contributed by atoms with van der Waals surface area (Å²) in [4.78, 5) is 25.8. The summed E-state index contributed by atoms with van der Waals surface area (Å²) in [5.74, 6) is -0.388. The quantitative estimate of drug-likeness (QED) is 0.919. The number of carbonyl (C=O) groups excluding carboxylic acids is 2. The first-order chi connectivity index (χ1) is 9.88. The van der Waals surface area contributed by atoms with Crippen LogP contribution in [0.25, 0.3) is 0 Å². The maximum atomic E-state index is 12.9. The van der Waals surface area contributed by atoms with E-state index < -0.39 is 6.04 Å². The largest absolute Gasteiger partial charge is 0.343 e. The molecule has 2 amide bonds. The maximum absolute atomic E-state index is 12.9. The molecule has 1 heterocycles. The van der Waals surface area contributed by atoms with Crippen molar-refractivity contribution in [1.29, 1.82) is 0 Å². The molecule has 2 atom stereocenters. The number of amides is 2. The highest BCUT2D eigenvalue weighted by molar-refractivity contribution is 5.95. The zero-order valence-corrected chi connectivity index (χ0v) is 12.6. The second-order valence-corrected chi connectivity index (χ2v) is 5.93. The monoisotopic (exact) mass is 292 g/mol. The van der Waals surface area contributed by atoms with Crippen molar-refractivity contribution in [2.45, 2.75) is 39.3 Å². The molecule has 4 nitrogen and oxygen atoms in total. The maximum Gasteiger partial charge on any atom is 0.246 e. The van der Waals surface area contributed by atoms with E-state index >= 15 is 0 Å². The molecule has 1 aromatic rings. The molecule has 0 saturated carbocycles. The molecule has 0 bridgehead atoms. The predicted molar refractivity (Wildman–Crippen MR) is 78.0 cm³/mol. The smallest absolute Gasteiger partial charge is 0.246 e. The molecule has 2 unspecified atom stereocenters. The van der Waals surface area contributed by atoms with Crippen LogP contribution in [0.5, 0.6) is 0 Å². The third-order valence-electron chi connectivity index (χ3n) is 3.82.